The minimum atomic E-state index is 0.543. The van der Waals surface area contributed by atoms with E-state index in [0.717, 1.165) is 18.5 Å². The Bertz CT molecular complexity index is 265. The Hall–Kier alpha value is -0.0800. The highest BCUT2D eigenvalue weighted by molar-refractivity contribution is 4.92. The van der Waals surface area contributed by atoms with E-state index in [0.29, 0.717) is 5.41 Å². The van der Waals surface area contributed by atoms with E-state index < -0.39 is 0 Å². The van der Waals surface area contributed by atoms with Crippen molar-refractivity contribution in [2.45, 2.75) is 70.3 Å². The number of nitrogens with two attached hydrogens (primary N) is 1. The number of fused-ring (bicyclic) bond motifs is 1. The van der Waals surface area contributed by atoms with Gasteiger partial charge >= 0.3 is 0 Å². The predicted molar refractivity (Wildman–Crippen MR) is 76.5 cm³/mol. The highest BCUT2D eigenvalue weighted by Crippen LogP contribution is 2.44. The third kappa shape index (κ3) is 2.46. The second-order valence-electron chi connectivity index (χ2n) is 7.10. The van der Waals surface area contributed by atoms with E-state index in [2.05, 4.69) is 4.90 Å². The summed E-state index contributed by atoms with van der Waals surface area (Å²) in [5.41, 5.74) is 6.54. The minimum absolute atomic E-state index is 0.543. The summed E-state index contributed by atoms with van der Waals surface area (Å²) in [6.45, 7) is 3.62. The maximum Gasteiger partial charge on any atom is 0.0123 e. The van der Waals surface area contributed by atoms with Crippen LogP contribution >= 0.6 is 0 Å². The molecular weight excluding hydrogens is 220 g/mol. The van der Waals surface area contributed by atoms with Gasteiger partial charge in [-0.05, 0) is 75.9 Å². The van der Waals surface area contributed by atoms with Gasteiger partial charge in [-0.2, -0.15) is 0 Å². The van der Waals surface area contributed by atoms with Gasteiger partial charge in [-0.25, -0.2) is 0 Å². The van der Waals surface area contributed by atoms with Crippen LogP contribution in [-0.2, 0) is 0 Å². The molecular formula is C16H30N2. The third-order valence-electron chi connectivity index (χ3n) is 6.13. The van der Waals surface area contributed by atoms with E-state index in [4.69, 9.17) is 5.73 Å². The molecule has 2 N–H and O–H groups in total. The van der Waals surface area contributed by atoms with Gasteiger partial charge in [0.25, 0.3) is 0 Å². The first kappa shape index (κ1) is 12.9. The summed E-state index contributed by atoms with van der Waals surface area (Å²) >= 11 is 0. The Morgan fingerprint density at radius 3 is 2.50 bits per heavy atom. The van der Waals surface area contributed by atoms with Crippen molar-refractivity contribution in [1.29, 1.82) is 0 Å². The fourth-order valence-corrected chi connectivity index (χ4v) is 4.62. The van der Waals surface area contributed by atoms with Crippen LogP contribution in [0.3, 0.4) is 0 Å². The molecule has 104 valence electrons. The maximum absolute atomic E-state index is 6.00. The molecule has 0 aromatic carbocycles. The van der Waals surface area contributed by atoms with Crippen molar-refractivity contribution in [3.05, 3.63) is 0 Å². The molecule has 1 heterocycles. The topological polar surface area (TPSA) is 29.3 Å². The SMILES string of the molecule is NCC1(CCN2CCC[C@H]3CCCC[C@H]32)CCC1. The van der Waals surface area contributed by atoms with E-state index in [1.807, 2.05) is 0 Å². The summed E-state index contributed by atoms with van der Waals surface area (Å²) in [6.07, 6.45) is 14.5. The van der Waals surface area contributed by atoms with Gasteiger partial charge in [0.05, 0.1) is 0 Å². The molecule has 3 fully saturated rings. The average molecular weight is 250 g/mol. The van der Waals surface area contributed by atoms with Crippen molar-refractivity contribution in [1.82, 2.24) is 4.90 Å². The van der Waals surface area contributed by atoms with Gasteiger partial charge < -0.3 is 10.6 Å². The van der Waals surface area contributed by atoms with Gasteiger partial charge in [-0.1, -0.05) is 19.3 Å². The smallest absolute Gasteiger partial charge is 0.0123 e. The lowest BCUT2D eigenvalue weighted by molar-refractivity contribution is 0.0338. The summed E-state index contributed by atoms with van der Waals surface area (Å²) in [5.74, 6) is 1.03. The molecule has 0 radical (unpaired) electrons. The lowest BCUT2D eigenvalue weighted by Crippen LogP contribution is -2.49. The largest absolute Gasteiger partial charge is 0.330 e. The van der Waals surface area contributed by atoms with E-state index in [9.17, 15) is 0 Å². The van der Waals surface area contributed by atoms with Gasteiger partial charge in [-0.3, -0.25) is 0 Å². The zero-order chi connectivity index (χ0) is 12.4. The average Bonchev–Trinajstić information content (AvgIpc) is 2.38. The van der Waals surface area contributed by atoms with Gasteiger partial charge in [0.2, 0.25) is 0 Å². The fraction of sp³-hybridized carbons (Fsp3) is 1.00. The van der Waals surface area contributed by atoms with E-state index in [1.54, 1.807) is 0 Å². The zero-order valence-electron chi connectivity index (χ0n) is 11.9. The molecule has 3 rings (SSSR count). The second-order valence-corrected chi connectivity index (χ2v) is 7.10. The molecule has 3 aliphatic rings. The van der Waals surface area contributed by atoms with Crippen LogP contribution in [0.25, 0.3) is 0 Å². The molecule has 0 amide bonds. The lowest BCUT2D eigenvalue weighted by atomic mass is 9.66. The van der Waals surface area contributed by atoms with E-state index >= 15 is 0 Å². The number of hydrogen-bond donors (Lipinski definition) is 1. The van der Waals surface area contributed by atoms with Crippen LogP contribution in [0.5, 0.6) is 0 Å². The van der Waals surface area contributed by atoms with Crippen LogP contribution in [-0.4, -0.2) is 30.6 Å². The molecule has 0 unspecified atom stereocenters. The van der Waals surface area contributed by atoms with Crippen LogP contribution < -0.4 is 5.73 Å². The van der Waals surface area contributed by atoms with E-state index in [1.165, 1.54) is 77.3 Å². The van der Waals surface area contributed by atoms with Crippen molar-refractivity contribution in [3.8, 4) is 0 Å². The van der Waals surface area contributed by atoms with Crippen LogP contribution in [0.2, 0.25) is 0 Å². The van der Waals surface area contributed by atoms with Crippen molar-refractivity contribution in [2.24, 2.45) is 17.1 Å². The van der Waals surface area contributed by atoms with Crippen LogP contribution in [0.15, 0.2) is 0 Å². The third-order valence-corrected chi connectivity index (χ3v) is 6.13. The molecule has 0 bridgehead atoms. The monoisotopic (exact) mass is 250 g/mol. The zero-order valence-corrected chi connectivity index (χ0v) is 11.9. The molecule has 2 atom stereocenters. The summed E-state index contributed by atoms with van der Waals surface area (Å²) in [4.78, 5) is 2.84. The number of rotatable bonds is 4. The first-order chi connectivity index (χ1) is 8.83. The first-order valence-corrected chi connectivity index (χ1v) is 8.27. The standard InChI is InChI=1S/C16H30N2/c17-13-16(8-4-9-16)10-12-18-11-3-6-14-5-1-2-7-15(14)18/h14-15H,1-13,17H2/t14-,15-/m1/s1. The Kier molecular flexibility index (Phi) is 3.95. The summed E-state index contributed by atoms with van der Waals surface area (Å²) in [6, 6.07) is 0.933. The molecule has 2 saturated carbocycles. The van der Waals surface area contributed by atoms with Crippen molar-refractivity contribution >= 4 is 0 Å². The summed E-state index contributed by atoms with van der Waals surface area (Å²) < 4.78 is 0. The van der Waals surface area contributed by atoms with Crippen LogP contribution in [0.1, 0.15) is 64.2 Å². The Morgan fingerprint density at radius 1 is 1.00 bits per heavy atom. The normalized spacial score (nSPS) is 35.8. The molecule has 1 saturated heterocycles. The maximum atomic E-state index is 6.00. The van der Waals surface area contributed by atoms with Crippen molar-refractivity contribution in [2.75, 3.05) is 19.6 Å². The van der Waals surface area contributed by atoms with Crippen LogP contribution in [0.4, 0.5) is 0 Å². The quantitative estimate of drug-likeness (QED) is 0.830. The van der Waals surface area contributed by atoms with Crippen molar-refractivity contribution < 1.29 is 0 Å². The Balaban J connectivity index is 1.54. The Labute approximate surface area is 112 Å². The molecule has 2 nitrogen and oxygen atoms in total. The number of nitrogens with zero attached hydrogens (tertiary/aromatic N) is 1. The van der Waals surface area contributed by atoms with Crippen LogP contribution in [0, 0.1) is 11.3 Å². The fourth-order valence-electron chi connectivity index (χ4n) is 4.62. The van der Waals surface area contributed by atoms with Crippen molar-refractivity contribution in [3.63, 3.8) is 0 Å². The highest BCUT2D eigenvalue weighted by atomic mass is 15.2. The molecule has 0 spiro atoms. The van der Waals surface area contributed by atoms with Gasteiger partial charge in [0.1, 0.15) is 0 Å². The number of hydrogen-bond acceptors (Lipinski definition) is 2. The molecule has 2 heteroatoms. The Morgan fingerprint density at radius 2 is 1.78 bits per heavy atom. The highest BCUT2D eigenvalue weighted by Gasteiger charge is 2.38. The molecule has 0 aromatic heterocycles. The van der Waals surface area contributed by atoms with Gasteiger partial charge in [0, 0.05) is 6.04 Å². The second kappa shape index (κ2) is 5.50. The van der Waals surface area contributed by atoms with E-state index in [-0.39, 0.29) is 0 Å². The minimum Gasteiger partial charge on any atom is -0.330 e. The molecule has 0 aromatic rings. The summed E-state index contributed by atoms with van der Waals surface area (Å²) in [5, 5.41) is 0. The van der Waals surface area contributed by atoms with Gasteiger partial charge in [0.15, 0.2) is 0 Å². The number of piperidine rings is 1. The lowest BCUT2D eigenvalue weighted by Gasteiger charge is -2.47. The summed E-state index contributed by atoms with van der Waals surface area (Å²) in [7, 11) is 0. The molecule has 2 aliphatic carbocycles. The molecule has 18 heavy (non-hydrogen) atoms. The van der Waals surface area contributed by atoms with Gasteiger partial charge in [-0.15, -0.1) is 0 Å². The number of likely N-dealkylation sites (tertiary alicyclic amines) is 1. The molecule has 1 aliphatic heterocycles. The first-order valence-electron chi connectivity index (χ1n) is 8.27. The predicted octanol–water partition coefficient (Wildman–Crippen LogP) is 3.16.